The fourth-order valence-corrected chi connectivity index (χ4v) is 3.41. The predicted molar refractivity (Wildman–Crippen MR) is 124 cm³/mol. The normalized spacial score (nSPS) is 10.7. The van der Waals surface area contributed by atoms with E-state index in [0.29, 0.717) is 5.69 Å². The van der Waals surface area contributed by atoms with Gasteiger partial charge < -0.3 is 10.1 Å². The molecule has 0 aliphatic rings. The van der Waals surface area contributed by atoms with Gasteiger partial charge in [-0.15, -0.1) is 0 Å². The van der Waals surface area contributed by atoms with Crippen LogP contribution in [-0.4, -0.2) is 22.8 Å². The fourth-order valence-electron chi connectivity index (χ4n) is 3.41. The van der Waals surface area contributed by atoms with Crippen LogP contribution in [0.15, 0.2) is 72.8 Å². The minimum Gasteiger partial charge on any atom is -0.497 e. The van der Waals surface area contributed by atoms with E-state index in [-0.39, 0.29) is 5.91 Å². The fraction of sp³-hybridized carbons (Fsp3) is 0.154. The van der Waals surface area contributed by atoms with Gasteiger partial charge in [-0.1, -0.05) is 29.8 Å². The van der Waals surface area contributed by atoms with Crippen LogP contribution in [0.5, 0.6) is 5.75 Å². The highest BCUT2D eigenvalue weighted by molar-refractivity contribution is 6.04. The van der Waals surface area contributed by atoms with Crippen molar-refractivity contribution in [2.45, 2.75) is 20.8 Å². The van der Waals surface area contributed by atoms with Gasteiger partial charge in [0.05, 0.1) is 18.5 Å². The molecule has 4 aromatic rings. The molecule has 0 bridgehead atoms. The van der Waals surface area contributed by atoms with Crippen LogP contribution < -0.4 is 10.1 Å². The van der Waals surface area contributed by atoms with E-state index >= 15 is 0 Å². The maximum absolute atomic E-state index is 13.2. The number of methoxy groups -OCH3 is 1. The number of anilines is 1. The van der Waals surface area contributed by atoms with E-state index in [2.05, 4.69) is 11.4 Å². The molecule has 0 radical (unpaired) electrons. The molecule has 0 saturated carbocycles. The molecule has 0 aliphatic heterocycles. The number of nitrogens with one attached hydrogen (secondary N) is 1. The minimum atomic E-state index is -0.211. The SMILES string of the molecule is COc1ccc(-c2cc(C(=O)Nc3ccc(C)cc3)n(-c3cc(C)ccc3C)n2)cc1. The van der Waals surface area contributed by atoms with E-state index < -0.39 is 0 Å². The van der Waals surface area contributed by atoms with E-state index in [9.17, 15) is 4.79 Å². The van der Waals surface area contributed by atoms with E-state index in [1.54, 1.807) is 11.8 Å². The van der Waals surface area contributed by atoms with Gasteiger partial charge in [0, 0.05) is 11.3 Å². The van der Waals surface area contributed by atoms with Gasteiger partial charge in [0.15, 0.2) is 0 Å². The third kappa shape index (κ3) is 4.36. The number of ether oxygens (including phenoxy) is 1. The van der Waals surface area contributed by atoms with Crippen molar-refractivity contribution in [1.82, 2.24) is 9.78 Å². The highest BCUT2D eigenvalue weighted by atomic mass is 16.5. The largest absolute Gasteiger partial charge is 0.497 e. The number of hydrogen-bond donors (Lipinski definition) is 1. The minimum absolute atomic E-state index is 0.211. The first-order chi connectivity index (χ1) is 14.9. The van der Waals surface area contributed by atoms with Crippen molar-refractivity contribution in [3.63, 3.8) is 0 Å². The average Bonchev–Trinajstić information content (AvgIpc) is 3.22. The zero-order valence-corrected chi connectivity index (χ0v) is 18.1. The number of benzene rings is 3. The predicted octanol–water partition coefficient (Wildman–Crippen LogP) is 5.73. The van der Waals surface area contributed by atoms with Crippen molar-refractivity contribution in [3.8, 4) is 22.7 Å². The number of carbonyl (C=O) groups excluding carboxylic acids is 1. The Morgan fingerprint density at radius 1 is 0.871 bits per heavy atom. The Hall–Kier alpha value is -3.86. The first kappa shape index (κ1) is 20.4. The van der Waals surface area contributed by atoms with Gasteiger partial charge in [-0.25, -0.2) is 4.68 Å². The lowest BCUT2D eigenvalue weighted by molar-refractivity contribution is 0.101. The summed E-state index contributed by atoms with van der Waals surface area (Å²) in [5, 5.41) is 7.79. The molecular weight excluding hydrogens is 386 g/mol. The summed E-state index contributed by atoms with van der Waals surface area (Å²) in [5.74, 6) is 0.562. The molecule has 0 fully saturated rings. The molecule has 4 rings (SSSR count). The average molecular weight is 412 g/mol. The molecule has 1 aromatic heterocycles. The van der Waals surface area contributed by atoms with Gasteiger partial charge in [-0.3, -0.25) is 4.79 Å². The van der Waals surface area contributed by atoms with Crippen LogP contribution >= 0.6 is 0 Å². The number of aromatic nitrogens is 2. The summed E-state index contributed by atoms with van der Waals surface area (Å²) < 4.78 is 6.98. The Kier molecular flexibility index (Phi) is 5.58. The number of carbonyl (C=O) groups is 1. The molecule has 1 heterocycles. The molecule has 156 valence electrons. The molecule has 5 nitrogen and oxygen atoms in total. The zero-order valence-electron chi connectivity index (χ0n) is 18.1. The van der Waals surface area contributed by atoms with Crippen molar-refractivity contribution in [2.24, 2.45) is 0 Å². The number of amides is 1. The van der Waals surface area contributed by atoms with E-state index in [1.165, 1.54) is 0 Å². The first-order valence-corrected chi connectivity index (χ1v) is 10.1. The maximum atomic E-state index is 13.2. The summed E-state index contributed by atoms with van der Waals surface area (Å²) in [6.07, 6.45) is 0. The van der Waals surface area contributed by atoms with Crippen molar-refractivity contribution >= 4 is 11.6 Å². The van der Waals surface area contributed by atoms with Gasteiger partial charge in [0.2, 0.25) is 0 Å². The van der Waals surface area contributed by atoms with Crippen LogP contribution in [0.1, 0.15) is 27.2 Å². The molecular formula is C26H25N3O2. The molecule has 3 aromatic carbocycles. The Morgan fingerprint density at radius 2 is 1.55 bits per heavy atom. The van der Waals surface area contributed by atoms with Crippen LogP contribution in [0, 0.1) is 20.8 Å². The Labute approximate surface area is 182 Å². The second kappa shape index (κ2) is 8.48. The number of hydrogen-bond acceptors (Lipinski definition) is 3. The molecule has 0 spiro atoms. The Balaban J connectivity index is 1.79. The smallest absolute Gasteiger partial charge is 0.274 e. The lowest BCUT2D eigenvalue weighted by atomic mass is 10.1. The van der Waals surface area contributed by atoms with E-state index in [0.717, 1.165) is 45.1 Å². The zero-order chi connectivity index (χ0) is 22.0. The van der Waals surface area contributed by atoms with Crippen LogP contribution in [0.2, 0.25) is 0 Å². The highest BCUT2D eigenvalue weighted by Gasteiger charge is 2.19. The summed E-state index contributed by atoms with van der Waals surface area (Å²) >= 11 is 0. The molecule has 1 amide bonds. The monoisotopic (exact) mass is 411 g/mol. The van der Waals surface area contributed by atoms with E-state index in [4.69, 9.17) is 9.84 Å². The number of aryl methyl sites for hydroxylation is 3. The second-order valence-corrected chi connectivity index (χ2v) is 7.67. The molecule has 0 saturated heterocycles. The van der Waals surface area contributed by atoms with Crippen LogP contribution in [-0.2, 0) is 0 Å². The number of nitrogens with zero attached hydrogens (tertiary/aromatic N) is 2. The highest BCUT2D eigenvalue weighted by Crippen LogP contribution is 2.26. The summed E-state index contributed by atoms with van der Waals surface area (Å²) in [4.78, 5) is 13.2. The van der Waals surface area contributed by atoms with Crippen LogP contribution in [0.3, 0.4) is 0 Å². The van der Waals surface area contributed by atoms with Gasteiger partial charge >= 0.3 is 0 Å². The quantitative estimate of drug-likeness (QED) is 0.457. The summed E-state index contributed by atoms with van der Waals surface area (Å²) in [5.41, 5.74) is 7.02. The molecule has 31 heavy (non-hydrogen) atoms. The summed E-state index contributed by atoms with van der Waals surface area (Å²) in [6.45, 7) is 6.07. The van der Waals surface area contributed by atoms with Gasteiger partial charge in [0.25, 0.3) is 5.91 Å². The molecule has 0 unspecified atom stereocenters. The summed E-state index contributed by atoms with van der Waals surface area (Å²) in [7, 11) is 1.64. The van der Waals surface area contributed by atoms with Crippen LogP contribution in [0.4, 0.5) is 5.69 Å². The lowest BCUT2D eigenvalue weighted by Gasteiger charge is -2.11. The van der Waals surface area contributed by atoms with Gasteiger partial charge in [-0.2, -0.15) is 5.10 Å². The number of rotatable bonds is 5. The third-order valence-electron chi connectivity index (χ3n) is 5.23. The van der Waals surface area contributed by atoms with E-state index in [1.807, 2.05) is 87.5 Å². The van der Waals surface area contributed by atoms with Crippen LogP contribution in [0.25, 0.3) is 16.9 Å². The maximum Gasteiger partial charge on any atom is 0.274 e. The molecule has 1 N–H and O–H groups in total. The second-order valence-electron chi connectivity index (χ2n) is 7.67. The van der Waals surface area contributed by atoms with Crippen molar-refractivity contribution in [3.05, 3.63) is 95.2 Å². The van der Waals surface area contributed by atoms with Crippen molar-refractivity contribution < 1.29 is 9.53 Å². The Bertz CT molecular complexity index is 1220. The molecule has 0 aliphatic carbocycles. The van der Waals surface area contributed by atoms with Gasteiger partial charge in [-0.05, 0) is 80.4 Å². The Morgan fingerprint density at radius 3 is 2.23 bits per heavy atom. The van der Waals surface area contributed by atoms with Gasteiger partial charge in [0.1, 0.15) is 11.4 Å². The summed E-state index contributed by atoms with van der Waals surface area (Å²) in [6, 6.07) is 23.4. The molecule has 5 heteroatoms. The first-order valence-electron chi connectivity index (χ1n) is 10.1. The molecule has 0 atom stereocenters. The standard InChI is InChI=1S/C26H25N3O2/c1-17-6-11-21(12-7-17)27-26(30)25-16-23(20-9-13-22(31-4)14-10-20)28-29(25)24-15-18(2)5-8-19(24)3/h5-16H,1-4H3,(H,27,30). The topological polar surface area (TPSA) is 56.1 Å². The lowest BCUT2D eigenvalue weighted by Crippen LogP contribution is -2.17. The third-order valence-corrected chi connectivity index (χ3v) is 5.23. The van der Waals surface area contributed by atoms with Crippen molar-refractivity contribution in [1.29, 1.82) is 0 Å². The van der Waals surface area contributed by atoms with Crippen molar-refractivity contribution in [2.75, 3.05) is 12.4 Å².